The van der Waals surface area contributed by atoms with E-state index in [0.717, 1.165) is 12.8 Å². The van der Waals surface area contributed by atoms with Gasteiger partial charge in [0.2, 0.25) is 5.91 Å². The van der Waals surface area contributed by atoms with Gasteiger partial charge in [0, 0.05) is 18.8 Å². The zero-order valence-corrected chi connectivity index (χ0v) is 11.6. The maximum absolute atomic E-state index is 12.2. The average Bonchev–Trinajstić information content (AvgIpc) is 2.13. The Bertz CT molecular complexity index is 326. The molecule has 0 bridgehead atoms. The first kappa shape index (κ1) is 15.0. The predicted molar refractivity (Wildman–Crippen MR) is 67.2 cm³/mol. The fourth-order valence-electron chi connectivity index (χ4n) is 2.19. The fraction of sp³-hybridized carbons (Fsp3) is 0.846. The standard InChI is InChI=1S/C13H23NO4/c1-12(2,3)9(11(16)17)10(15)14-13(4)5-7-18-8-6-13/h9H,5-8H2,1-4H3,(H,14,15)(H,16,17). The van der Waals surface area contributed by atoms with Crippen molar-refractivity contribution in [1.82, 2.24) is 5.32 Å². The molecule has 1 aliphatic heterocycles. The number of carbonyl (C=O) groups excluding carboxylic acids is 1. The van der Waals surface area contributed by atoms with Gasteiger partial charge in [0.25, 0.3) is 0 Å². The van der Waals surface area contributed by atoms with Crippen LogP contribution in [0, 0.1) is 11.3 Å². The lowest BCUT2D eigenvalue weighted by Crippen LogP contribution is -2.54. The van der Waals surface area contributed by atoms with E-state index in [-0.39, 0.29) is 5.54 Å². The van der Waals surface area contributed by atoms with Gasteiger partial charge in [-0.25, -0.2) is 0 Å². The highest BCUT2D eigenvalue weighted by molar-refractivity contribution is 5.98. The van der Waals surface area contributed by atoms with Crippen molar-refractivity contribution in [2.24, 2.45) is 11.3 Å². The van der Waals surface area contributed by atoms with E-state index < -0.39 is 23.2 Å². The second kappa shape index (κ2) is 5.26. The van der Waals surface area contributed by atoms with E-state index in [0.29, 0.717) is 13.2 Å². The molecule has 0 aromatic carbocycles. The zero-order chi connectivity index (χ0) is 14.0. The molecule has 0 aromatic heterocycles. The predicted octanol–water partition coefficient (Wildman–Crippen LogP) is 1.42. The van der Waals surface area contributed by atoms with Gasteiger partial charge in [0.05, 0.1) is 0 Å². The molecule has 5 heteroatoms. The minimum Gasteiger partial charge on any atom is -0.481 e. The Morgan fingerprint density at radius 2 is 1.78 bits per heavy atom. The molecule has 0 aromatic rings. The third-order valence-corrected chi connectivity index (χ3v) is 3.40. The lowest BCUT2D eigenvalue weighted by atomic mass is 9.79. The number of hydrogen-bond donors (Lipinski definition) is 2. The van der Waals surface area contributed by atoms with Gasteiger partial charge in [0.1, 0.15) is 5.92 Å². The van der Waals surface area contributed by atoms with Crippen molar-refractivity contribution in [2.75, 3.05) is 13.2 Å². The third-order valence-electron chi connectivity index (χ3n) is 3.40. The van der Waals surface area contributed by atoms with Crippen molar-refractivity contribution >= 4 is 11.9 Å². The van der Waals surface area contributed by atoms with E-state index in [4.69, 9.17) is 4.74 Å². The van der Waals surface area contributed by atoms with Gasteiger partial charge in [-0.2, -0.15) is 0 Å². The number of ether oxygens (including phenoxy) is 1. The molecule has 18 heavy (non-hydrogen) atoms. The first-order chi connectivity index (χ1) is 8.16. The van der Waals surface area contributed by atoms with Gasteiger partial charge in [-0.1, -0.05) is 20.8 Å². The quantitative estimate of drug-likeness (QED) is 0.750. The molecule has 1 heterocycles. The lowest BCUT2D eigenvalue weighted by molar-refractivity contribution is -0.152. The van der Waals surface area contributed by atoms with E-state index in [2.05, 4.69) is 5.32 Å². The molecule has 0 spiro atoms. The van der Waals surface area contributed by atoms with Crippen LogP contribution in [0.15, 0.2) is 0 Å². The van der Waals surface area contributed by atoms with E-state index in [1.165, 1.54) is 0 Å². The maximum Gasteiger partial charge on any atom is 0.316 e. The van der Waals surface area contributed by atoms with Crippen LogP contribution in [-0.2, 0) is 14.3 Å². The number of carboxylic acids is 1. The highest BCUT2D eigenvalue weighted by Gasteiger charge is 2.40. The van der Waals surface area contributed by atoms with Gasteiger partial charge in [0.15, 0.2) is 0 Å². The topological polar surface area (TPSA) is 75.6 Å². The van der Waals surface area contributed by atoms with Crippen molar-refractivity contribution in [3.05, 3.63) is 0 Å². The summed E-state index contributed by atoms with van der Waals surface area (Å²) < 4.78 is 5.25. The minimum absolute atomic E-state index is 0.353. The lowest BCUT2D eigenvalue weighted by Gasteiger charge is -2.37. The normalized spacial score (nSPS) is 21.1. The molecule has 2 N–H and O–H groups in total. The summed E-state index contributed by atoms with van der Waals surface area (Å²) in [5, 5.41) is 12.1. The molecule has 1 aliphatic rings. The van der Waals surface area contributed by atoms with Crippen LogP contribution < -0.4 is 5.32 Å². The Hall–Kier alpha value is -1.10. The van der Waals surface area contributed by atoms with Crippen molar-refractivity contribution in [1.29, 1.82) is 0 Å². The monoisotopic (exact) mass is 257 g/mol. The molecule has 1 fully saturated rings. The highest BCUT2D eigenvalue weighted by Crippen LogP contribution is 2.28. The summed E-state index contributed by atoms with van der Waals surface area (Å²) in [4.78, 5) is 23.4. The first-order valence-electron chi connectivity index (χ1n) is 6.28. The summed E-state index contributed by atoms with van der Waals surface area (Å²) in [7, 11) is 0. The molecule has 0 radical (unpaired) electrons. The largest absolute Gasteiger partial charge is 0.481 e. The number of amides is 1. The first-order valence-corrected chi connectivity index (χ1v) is 6.28. The molecule has 104 valence electrons. The smallest absolute Gasteiger partial charge is 0.316 e. The van der Waals surface area contributed by atoms with Crippen LogP contribution in [0.1, 0.15) is 40.5 Å². The fourth-order valence-corrected chi connectivity index (χ4v) is 2.19. The Kier molecular flexibility index (Phi) is 4.37. The number of aliphatic carboxylic acids is 1. The van der Waals surface area contributed by atoms with Crippen LogP contribution in [0.2, 0.25) is 0 Å². The van der Waals surface area contributed by atoms with Crippen molar-refractivity contribution in [3.63, 3.8) is 0 Å². The van der Waals surface area contributed by atoms with Gasteiger partial charge in [-0.15, -0.1) is 0 Å². The minimum atomic E-state index is -1.07. The van der Waals surface area contributed by atoms with Gasteiger partial charge < -0.3 is 15.2 Å². The van der Waals surface area contributed by atoms with Gasteiger partial charge >= 0.3 is 5.97 Å². The summed E-state index contributed by atoms with van der Waals surface area (Å²) in [6.45, 7) is 8.43. The summed E-state index contributed by atoms with van der Waals surface area (Å²) in [6.07, 6.45) is 1.43. The number of rotatable bonds is 3. The zero-order valence-electron chi connectivity index (χ0n) is 11.6. The van der Waals surface area contributed by atoms with Gasteiger partial charge in [-0.05, 0) is 25.2 Å². The van der Waals surface area contributed by atoms with Crippen LogP contribution in [0.3, 0.4) is 0 Å². The third kappa shape index (κ3) is 3.70. The summed E-state index contributed by atoms with van der Waals surface area (Å²) >= 11 is 0. The molecule has 1 amide bonds. The summed E-state index contributed by atoms with van der Waals surface area (Å²) in [6, 6.07) is 0. The van der Waals surface area contributed by atoms with Crippen molar-refractivity contribution in [3.8, 4) is 0 Å². The number of nitrogens with one attached hydrogen (secondary N) is 1. The van der Waals surface area contributed by atoms with Crippen LogP contribution in [0.5, 0.6) is 0 Å². The molecule has 1 rings (SSSR count). The van der Waals surface area contributed by atoms with E-state index in [1.807, 2.05) is 6.92 Å². The number of carboxylic acid groups (broad SMARTS) is 1. The number of carbonyl (C=O) groups is 2. The Morgan fingerprint density at radius 3 is 2.17 bits per heavy atom. The van der Waals surface area contributed by atoms with Crippen LogP contribution >= 0.6 is 0 Å². The van der Waals surface area contributed by atoms with E-state index in [9.17, 15) is 14.7 Å². The van der Waals surface area contributed by atoms with Gasteiger partial charge in [-0.3, -0.25) is 9.59 Å². The number of hydrogen-bond acceptors (Lipinski definition) is 3. The van der Waals surface area contributed by atoms with E-state index >= 15 is 0 Å². The van der Waals surface area contributed by atoms with E-state index in [1.54, 1.807) is 20.8 Å². The van der Waals surface area contributed by atoms with Crippen LogP contribution in [0.4, 0.5) is 0 Å². The Balaban J connectivity index is 2.76. The summed E-state index contributed by atoms with van der Waals surface area (Å²) in [5.41, 5.74) is -0.953. The molecule has 0 saturated carbocycles. The SMILES string of the molecule is CC1(NC(=O)C(C(=O)O)C(C)(C)C)CCOCC1. The second-order valence-corrected chi connectivity index (χ2v) is 6.30. The Labute approximate surface area is 108 Å². The average molecular weight is 257 g/mol. The molecule has 5 nitrogen and oxygen atoms in total. The molecule has 0 aliphatic carbocycles. The highest BCUT2D eigenvalue weighted by atomic mass is 16.5. The second-order valence-electron chi connectivity index (χ2n) is 6.30. The molecular weight excluding hydrogens is 234 g/mol. The van der Waals surface area contributed by atoms with Crippen molar-refractivity contribution < 1.29 is 19.4 Å². The van der Waals surface area contributed by atoms with Crippen molar-refractivity contribution in [2.45, 2.75) is 46.1 Å². The molecule has 1 atom stereocenters. The summed E-state index contributed by atoms with van der Waals surface area (Å²) in [5.74, 6) is -2.51. The van der Waals surface area contributed by atoms with Crippen LogP contribution in [0.25, 0.3) is 0 Å². The Morgan fingerprint density at radius 1 is 1.28 bits per heavy atom. The van der Waals surface area contributed by atoms with Crippen LogP contribution in [-0.4, -0.2) is 35.7 Å². The molecule has 1 saturated heterocycles. The molecular formula is C13H23NO4. The molecule has 1 unspecified atom stereocenters. The maximum atomic E-state index is 12.2.